The number of nitrogens with zero attached hydrogens (tertiary/aromatic N) is 2. The van der Waals surface area contributed by atoms with Crippen molar-refractivity contribution in [3.63, 3.8) is 0 Å². The lowest BCUT2D eigenvalue weighted by atomic mass is 9.93. The Morgan fingerprint density at radius 2 is 0.543 bits per heavy atom. The van der Waals surface area contributed by atoms with Gasteiger partial charge >= 0.3 is 0 Å². The van der Waals surface area contributed by atoms with Crippen molar-refractivity contribution in [3.05, 3.63) is 255 Å². The van der Waals surface area contributed by atoms with Gasteiger partial charge in [-0.15, -0.1) is 0 Å². The standard InChI is InChI=1S/C66H42N2O2/c1-3-17-43(18-4-1)45-33-37-47(38-34-45)67(59-29-15-27-55-53-25-11-13-31-63(53)69-65(55)59)61-41-57-50-22-8-10-24-52(50)62(42-58(57)49-21-7-9-23-51(49)61)68(48-39-35-46(36-40-48)44-19-5-2-6-20-44)60-30-16-28-56-54-26-12-14-32-64(54)70-66(56)60/h1-42H. The summed E-state index contributed by atoms with van der Waals surface area (Å²) in [5.41, 5.74) is 14.2. The third-order valence-corrected chi connectivity index (χ3v) is 14.0. The molecule has 70 heavy (non-hydrogen) atoms. The zero-order valence-corrected chi connectivity index (χ0v) is 38.0. The Kier molecular flexibility index (Phi) is 9.17. The van der Waals surface area contributed by atoms with E-state index in [1.807, 2.05) is 12.1 Å². The summed E-state index contributed by atoms with van der Waals surface area (Å²) >= 11 is 0. The molecule has 0 unspecified atom stereocenters. The summed E-state index contributed by atoms with van der Waals surface area (Å²) in [6.07, 6.45) is 0. The van der Waals surface area contributed by atoms with Crippen molar-refractivity contribution in [3.8, 4) is 22.3 Å². The predicted octanol–water partition coefficient (Wildman–Crippen LogP) is 19.2. The molecule has 0 atom stereocenters. The van der Waals surface area contributed by atoms with Crippen molar-refractivity contribution in [1.29, 1.82) is 0 Å². The largest absolute Gasteiger partial charge is 0.454 e. The molecule has 2 heterocycles. The van der Waals surface area contributed by atoms with Gasteiger partial charge in [-0.25, -0.2) is 0 Å². The normalized spacial score (nSPS) is 11.7. The van der Waals surface area contributed by atoms with Crippen LogP contribution >= 0.6 is 0 Å². The first kappa shape index (κ1) is 39.8. The fourth-order valence-corrected chi connectivity index (χ4v) is 10.8. The highest BCUT2D eigenvalue weighted by Crippen LogP contribution is 2.51. The van der Waals surface area contributed by atoms with E-state index in [0.717, 1.165) is 121 Å². The summed E-state index contributed by atoms with van der Waals surface area (Å²) in [7, 11) is 0. The van der Waals surface area contributed by atoms with Crippen LogP contribution in [-0.4, -0.2) is 0 Å². The molecule has 12 aromatic carbocycles. The summed E-state index contributed by atoms with van der Waals surface area (Å²) in [4.78, 5) is 4.79. The highest BCUT2D eigenvalue weighted by Gasteiger charge is 2.26. The fourth-order valence-electron chi connectivity index (χ4n) is 10.8. The molecule has 0 radical (unpaired) electrons. The summed E-state index contributed by atoms with van der Waals surface area (Å²) in [5, 5.41) is 11.2. The number of hydrogen-bond donors (Lipinski definition) is 0. The van der Waals surface area contributed by atoms with Crippen LogP contribution in [0.2, 0.25) is 0 Å². The van der Waals surface area contributed by atoms with Crippen LogP contribution in [-0.2, 0) is 0 Å². The molecule has 0 amide bonds. The first-order valence-corrected chi connectivity index (χ1v) is 23.8. The molecule has 328 valence electrons. The van der Waals surface area contributed by atoms with Crippen LogP contribution in [0.4, 0.5) is 34.1 Å². The molecule has 0 saturated heterocycles. The molecule has 4 nitrogen and oxygen atoms in total. The van der Waals surface area contributed by atoms with Crippen molar-refractivity contribution in [1.82, 2.24) is 0 Å². The molecule has 2 aromatic heterocycles. The predicted molar refractivity (Wildman–Crippen MR) is 294 cm³/mol. The topological polar surface area (TPSA) is 32.8 Å². The lowest BCUT2D eigenvalue weighted by Gasteiger charge is -2.30. The highest BCUT2D eigenvalue weighted by atomic mass is 16.3. The van der Waals surface area contributed by atoms with Gasteiger partial charge in [0.1, 0.15) is 11.2 Å². The minimum atomic E-state index is 0.842. The van der Waals surface area contributed by atoms with Gasteiger partial charge in [0.05, 0.1) is 22.7 Å². The van der Waals surface area contributed by atoms with Crippen LogP contribution in [0.25, 0.3) is 98.4 Å². The number of para-hydroxylation sites is 4. The van der Waals surface area contributed by atoms with Gasteiger partial charge in [-0.3, -0.25) is 0 Å². The van der Waals surface area contributed by atoms with Crippen LogP contribution in [0.3, 0.4) is 0 Å². The van der Waals surface area contributed by atoms with Crippen LogP contribution in [0, 0.1) is 0 Å². The average molecular weight is 895 g/mol. The highest BCUT2D eigenvalue weighted by molar-refractivity contribution is 6.25. The van der Waals surface area contributed by atoms with E-state index in [9.17, 15) is 0 Å². The van der Waals surface area contributed by atoms with Gasteiger partial charge < -0.3 is 18.6 Å². The van der Waals surface area contributed by atoms with E-state index in [1.165, 1.54) is 11.1 Å². The van der Waals surface area contributed by atoms with E-state index >= 15 is 0 Å². The Labute approximate surface area is 404 Å². The monoisotopic (exact) mass is 894 g/mol. The number of rotatable bonds is 8. The maximum absolute atomic E-state index is 6.82. The van der Waals surface area contributed by atoms with Crippen molar-refractivity contribution >= 4 is 110 Å². The summed E-state index contributed by atoms with van der Waals surface area (Å²) < 4.78 is 13.6. The minimum Gasteiger partial charge on any atom is -0.454 e. The number of anilines is 6. The quantitative estimate of drug-likeness (QED) is 0.142. The molecule has 14 aromatic rings. The first-order chi connectivity index (χ1) is 34.7. The van der Waals surface area contributed by atoms with Crippen LogP contribution in [0.15, 0.2) is 264 Å². The molecule has 0 aliphatic heterocycles. The van der Waals surface area contributed by atoms with Crippen molar-refractivity contribution in [2.75, 3.05) is 9.80 Å². The van der Waals surface area contributed by atoms with Gasteiger partial charge in [-0.2, -0.15) is 0 Å². The number of fused-ring (bicyclic) bond motifs is 11. The summed E-state index contributed by atoms with van der Waals surface area (Å²) in [6.45, 7) is 0. The van der Waals surface area contributed by atoms with Crippen molar-refractivity contribution in [2.24, 2.45) is 0 Å². The molecule has 14 rings (SSSR count). The first-order valence-electron chi connectivity index (χ1n) is 23.8. The smallest absolute Gasteiger partial charge is 0.159 e. The van der Waals surface area contributed by atoms with Gasteiger partial charge in [-0.1, -0.05) is 194 Å². The number of hydrogen-bond acceptors (Lipinski definition) is 4. The van der Waals surface area contributed by atoms with Gasteiger partial charge in [-0.05, 0) is 104 Å². The van der Waals surface area contributed by atoms with Crippen LogP contribution < -0.4 is 9.80 Å². The zero-order valence-electron chi connectivity index (χ0n) is 38.0. The Bertz CT molecular complexity index is 4010. The van der Waals surface area contributed by atoms with Crippen LogP contribution in [0.1, 0.15) is 0 Å². The third-order valence-electron chi connectivity index (χ3n) is 14.0. The van der Waals surface area contributed by atoms with E-state index in [4.69, 9.17) is 8.83 Å². The van der Waals surface area contributed by atoms with Gasteiger partial charge in [0.25, 0.3) is 0 Å². The van der Waals surface area contributed by atoms with E-state index in [-0.39, 0.29) is 0 Å². The molecule has 0 aliphatic rings. The molecule has 0 fully saturated rings. The maximum atomic E-state index is 6.82. The molecule has 0 bridgehead atoms. The maximum Gasteiger partial charge on any atom is 0.159 e. The number of furan rings is 2. The third kappa shape index (κ3) is 6.38. The Hall–Kier alpha value is -9.38. The lowest BCUT2D eigenvalue weighted by Crippen LogP contribution is -2.12. The molecule has 4 heteroatoms. The summed E-state index contributed by atoms with van der Waals surface area (Å²) in [6, 6.07) is 91.2. The second-order valence-electron chi connectivity index (χ2n) is 18.0. The molecule has 0 N–H and O–H groups in total. The fraction of sp³-hybridized carbons (Fsp3) is 0. The SMILES string of the molecule is c1ccc(-c2ccc(N(c3cc4c5ccccc5c(N(c5ccc(-c6ccccc6)cc5)c5cccc6c5oc5ccccc56)cc4c4ccccc34)c3cccc4c3oc3ccccc34)cc2)cc1. The zero-order chi connectivity index (χ0) is 46.1. The van der Waals surface area contributed by atoms with E-state index in [1.54, 1.807) is 0 Å². The molecule has 0 aliphatic carbocycles. The van der Waals surface area contributed by atoms with Gasteiger partial charge in [0, 0.05) is 43.7 Å². The molecular formula is C66H42N2O2. The van der Waals surface area contributed by atoms with Crippen molar-refractivity contribution in [2.45, 2.75) is 0 Å². The van der Waals surface area contributed by atoms with Crippen LogP contribution in [0.5, 0.6) is 0 Å². The van der Waals surface area contributed by atoms with Crippen molar-refractivity contribution < 1.29 is 8.83 Å². The second-order valence-corrected chi connectivity index (χ2v) is 18.0. The Balaban J connectivity index is 1.04. The molecule has 0 saturated carbocycles. The Morgan fingerprint density at radius 3 is 0.957 bits per heavy atom. The Morgan fingerprint density at radius 1 is 0.214 bits per heavy atom. The summed E-state index contributed by atoms with van der Waals surface area (Å²) in [5.74, 6) is 0. The van der Waals surface area contributed by atoms with E-state index in [2.05, 4.69) is 252 Å². The molecule has 0 spiro atoms. The number of benzene rings is 12. The van der Waals surface area contributed by atoms with E-state index in [0.29, 0.717) is 0 Å². The molecular weight excluding hydrogens is 853 g/mol. The van der Waals surface area contributed by atoms with Gasteiger partial charge in [0.15, 0.2) is 11.2 Å². The lowest BCUT2D eigenvalue weighted by molar-refractivity contribution is 0.669. The second kappa shape index (κ2) is 16.2. The van der Waals surface area contributed by atoms with E-state index < -0.39 is 0 Å². The van der Waals surface area contributed by atoms with Gasteiger partial charge in [0.2, 0.25) is 0 Å². The average Bonchev–Trinajstić information content (AvgIpc) is 4.02. The minimum absolute atomic E-state index is 0.842.